The number of rotatable bonds is 4. The third kappa shape index (κ3) is 2.44. The van der Waals surface area contributed by atoms with Crippen LogP contribution in [0.2, 0.25) is 0 Å². The zero-order chi connectivity index (χ0) is 13.9. The molecule has 0 aliphatic carbocycles. The topological polar surface area (TPSA) is 125 Å². The maximum Gasteiger partial charge on any atom is 0.256 e. The maximum atomic E-state index is 5.37. The first-order valence-electron chi connectivity index (χ1n) is 5.51. The summed E-state index contributed by atoms with van der Waals surface area (Å²) in [5, 5.41) is 12.9. The Labute approximate surface area is 117 Å². The molecule has 3 aromatic rings. The molecule has 3 N–H and O–H groups in total. The van der Waals surface area contributed by atoms with Crippen LogP contribution in [0, 0.1) is 0 Å². The lowest BCUT2D eigenvalue weighted by Gasteiger charge is -2.05. The number of nitrogens with zero attached hydrogens (tertiary/aromatic N) is 8. The molecular formula is C9H10N10S. The Morgan fingerprint density at radius 3 is 2.85 bits per heavy atom. The Kier molecular flexibility index (Phi) is 3.26. The van der Waals surface area contributed by atoms with Gasteiger partial charge in [-0.05, 0) is 17.8 Å². The van der Waals surface area contributed by atoms with Gasteiger partial charge < -0.3 is 4.57 Å². The molecule has 10 nitrogen and oxygen atoms in total. The van der Waals surface area contributed by atoms with Gasteiger partial charge in [0.05, 0.1) is 0 Å². The second-order valence-corrected chi connectivity index (χ2v) is 4.60. The second kappa shape index (κ2) is 5.22. The molecule has 102 valence electrons. The first kappa shape index (κ1) is 12.5. The molecule has 0 aliphatic heterocycles. The van der Waals surface area contributed by atoms with Crippen LogP contribution in [0.15, 0.2) is 35.1 Å². The van der Waals surface area contributed by atoms with Gasteiger partial charge in [-0.1, -0.05) is 0 Å². The van der Waals surface area contributed by atoms with E-state index >= 15 is 0 Å². The Morgan fingerprint density at radius 1 is 1.30 bits per heavy atom. The molecule has 0 saturated carbocycles. The van der Waals surface area contributed by atoms with Gasteiger partial charge in [-0.3, -0.25) is 5.43 Å². The fraction of sp³-hybridized carbons (Fsp3) is 0.111. The molecule has 0 fully saturated rings. The molecule has 0 saturated heterocycles. The Morgan fingerprint density at radius 2 is 2.20 bits per heavy atom. The van der Waals surface area contributed by atoms with Crippen molar-refractivity contribution in [2.24, 2.45) is 12.9 Å². The quantitative estimate of drug-likeness (QED) is 0.488. The summed E-state index contributed by atoms with van der Waals surface area (Å²) in [6.07, 6.45) is 4.96. The second-order valence-electron chi connectivity index (χ2n) is 3.66. The normalized spacial score (nSPS) is 10.7. The van der Waals surface area contributed by atoms with E-state index in [0.717, 1.165) is 0 Å². The van der Waals surface area contributed by atoms with E-state index in [9.17, 15) is 0 Å². The molecule has 20 heavy (non-hydrogen) atoms. The smallest absolute Gasteiger partial charge is 0.256 e. The van der Waals surface area contributed by atoms with Gasteiger partial charge in [0.2, 0.25) is 11.1 Å². The summed E-state index contributed by atoms with van der Waals surface area (Å²) >= 11 is 1.25. The number of hydrogen-bond acceptors (Lipinski definition) is 9. The molecule has 0 atom stereocenters. The fourth-order valence-corrected chi connectivity index (χ4v) is 2.09. The Bertz CT molecular complexity index is 705. The van der Waals surface area contributed by atoms with E-state index in [1.807, 2.05) is 7.05 Å². The number of nitrogen functional groups attached to an aromatic ring is 1. The molecule has 3 rings (SSSR count). The highest BCUT2D eigenvalue weighted by molar-refractivity contribution is 7.99. The lowest BCUT2D eigenvalue weighted by molar-refractivity contribution is 0.751. The lowest BCUT2D eigenvalue weighted by atomic mass is 10.7. The minimum Gasteiger partial charge on any atom is -0.311 e. The molecule has 0 amide bonds. The molecule has 3 heterocycles. The summed E-state index contributed by atoms with van der Waals surface area (Å²) in [4.78, 5) is 12.6. The number of anilines is 1. The van der Waals surface area contributed by atoms with Crippen molar-refractivity contribution in [2.75, 3.05) is 5.43 Å². The van der Waals surface area contributed by atoms with Gasteiger partial charge in [0.25, 0.3) is 5.95 Å². The van der Waals surface area contributed by atoms with Gasteiger partial charge in [0, 0.05) is 19.4 Å². The van der Waals surface area contributed by atoms with Crippen LogP contribution >= 0.6 is 11.8 Å². The molecule has 0 bridgehead atoms. The summed E-state index contributed by atoms with van der Waals surface area (Å²) in [5.41, 5.74) is 2.40. The molecule has 0 radical (unpaired) electrons. The first-order valence-corrected chi connectivity index (χ1v) is 6.32. The van der Waals surface area contributed by atoms with Gasteiger partial charge in [-0.2, -0.15) is 20.1 Å². The third-order valence-electron chi connectivity index (χ3n) is 2.29. The van der Waals surface area contributed by atoms with Crippen LogP contribution in [0.5, 0.6) is 0 Å². The van der Waals surface area contributed by atoms with E-state index in [1.165, 1.54) is 16.4 Å². The number of nitrogens with one attached hydrogen (secondary N) is 1. The van der Waals surface area contributed by atoms with Crippen LogP contribution in [-0.2, 0) is 7.05 Å². The highest BCUT2D eigenvalue weighted by atomic mass is 32.2. The zero-order valence-electron chi connectivity index (χ0n) is 10.4. The molecular weight excluding hydrogens is 280 g/mol. The van der Waals surface area contributed by atoms with Gasteiger partial charge in [0.1, 0.15) is 6.33 Å². The number of aryl methyl sites for hydroxylation is 1. The van der Waals surface area contributed by atoms with Crippen molar-refractivity contribution in [3.63, 3.8) is 0 Å². The molecule has 0 aliphatic rings. The van der Waals surface area contributed by atoms with Gasteiger partial charge in [-0.25, -0.2) is 10.5 Å². The van der Waals surface area contributed by atoms with E-state index in [2.05, 4.69) is 35.7 Å². The predicted octanol–water partition coefficient (Wildman–Crippen LogP) is -0.377. The van der Waals surface area contributed by atoms with Crippen LogP contribution in [0.4, 0.5) is 5.95 Å². The summed E-state index contributed by atoms with van der Waals surface area (Å²) in [6.45, 7) is 0. The molecule has 3 aromatic heterocycles. The van der Waals surface area contributed by atoms with Crippen molar-refractivity contribution in [3.8, 4) is 5.95 Å². The zero-order valence-corrected chi connectivity index (χ0v) is 11.2. The van der Waals surface area contributed by atoms with Crippen molar-refractivity contribution >= 4 is 17.7 Å². The molecule has 0 unspecified atom stereocenters. The van der Waals surface area contributed by atoms with Crippen LogP contribution < -0.4 is 11.3 Å². The highest BCUT2D eigenvalue weighted by Gasteiger charge is 2.11. The van der Waals surface area contributed by atoms with Gasteiger partial charge >= 0.3 is 0 Å². The van der Waals surface area contributed by atoms with Crippen LogP contribution in [0.25, 0.3) is 5.95 Å². The van der Waals surface area contributed by atoms with Gasteiger partial charge in [-0.15, -0.1) is 10.2 Å². The first-order chi connectivity index (χ1) is 9.76. The van der Waals surface area contributed by atoms with E-state index in [-0.39, 0.29) is 5.95 Å². The van der Waals surface area contributed by atoms with Crippen LogP contribution in [0.3, 0.4) is 0 Å². The Hall–Kier alpha value is -2.53. The summed E-state index contributed by atoms with van der Waals surface area (Å²) < 4.78 is 3.28. The van der Waals surface area contributed by atoms with Crippen LogP contribution in [0.1, 0.15) is 0 Å². The highest BCUT2D eigenvalue weighted by Crippen LogP contribution is 2.22. The summed E-state index contributed by atoms with van der Waals surface area (Å²) in [7, 11) is 1.83. The van der Waals surface area contributed by atoms with E-state index in [0.29, 0.717) is 16.3 Å². The lowest BCUT2D eigenvalue weighted by Crippen LogP contribution is -2.14. The fourth-order valence-electron chi connectivity index (χ4n) is 1.39. The summed E-state index contributed by atoms with van der Waals surface area (Å²) in [5.74, 6) is 5.98. The van der Waals surface area contributed by atoms with E-state index in [1.54, 1.807) is 29.4 Å². The van der Waals surface area contributed by atoms with E-state index in [4.69, 9.17) is 5.84 Å². The minimum absolute atomic E-state index is 0.246. The predicted molar refractivity (Wildman–Crippen MR) is 69.9 cm³/mol. The largest absolute Gasteiger partial charge is 0.311 e. The maximum absolute atomic E-state index is 5.37. The number of nitrogens with two attached hydrogens (primary N) is 1. The van der Waals surface area contributed by atoms with Crippen LogP contribution in [-0.4, -0.2) is 39.5 Å². The standard InChI is InChI=1S/C9H10N10S/c1-18-5-11-17-9(18)20-8-14-6(16-10)13-7(15-8)19-4-2-3-12-19/h2-5H,10H2,1H3,(H,13,14,15,16). The number of aromatic nitrogens is 8. The average Bonchev–Trinajstić information content (AvgIpc) is 3.11. The van der Waals surface area contributed by atoms with Crippen molar-refractivity contribution < 1.29 is 0 Å². The SMILES string of the molecule is Cn1cnnc1Sc1nc(NN)nc(-n2cccn2)n1. The van der Waals surface area contributed by atoms with Crippen molar-refractivity contribution in [2.45, 2.75) is 10.3 Å². The molecule has 0 spiro atoms. The molecule has 11 heteroatoms. The minimum atomic E-state index is 0.246. The monoisotopic (exact) mass is 290 g/mol. The van der Waals surface area contributed by atoms with Crippen molar-refractivity contribution in [3.05, 3.63) is 24.8 Å². The third-order valence-corrected chi connectivity index (χ3v) is 3.21. The Balaban J connectivity index is 1.98. The number of hydrogen-bond donors (Lipinski definition) is 2. The summed E-state index contributed by atoms with van der Waals surface area (Å²) in [6, 6.07) is 1.77. The molecule has 0 aromatic carbocycles. The van der Waals surface area contributed by atoms with E-state index < -0.39 is 0 Å². The van der Waals surface area contributed by atoms with Crippen molar-refractivity contribution in [1.29, 1.82) is 0 Å². The van der Waals surface area contributed by atoms with Gasteiger partial charge in [0.15, 0.2) is 5.16 Å². The number of hydrazine groups is 1. The van der Waals surface area contributed by atoms with Crippen molar-refractivity contribution in [1.82, 2.24) is 39.5 Å². The average molecular weight is 290 g/mol.